The van der Waals surface area contributed by atoms with Crippen LogP contribution in [0.15, 0.2) is 53.0 Å². The summed E-state index contributed by atoms with van der Waals surface area (Å²) in [5, 5.41) is 9.25. The van der Waals surface area contributed by atoms with Crippen LogP contribution < -0.4 is 4.74 Å². The van der Waals surface area contributed by atoms with E-state index in [0.717, 1.165) is 16.5 Å². The Morgan fingerprint density at radius 3 is 2.22 bits per heavy atom. The summed E-state index contributed by atoms with van der Waals surface area (Å²) in [7, 11) is 0. The highest BCUT2D eigenvalue weighted by molar-refractivity contribution is 9.10. The number of thiophene rings is 1. The van der Waals surface area contributed by atoms with Crippen LogP contribution >= 0.6 is 27.3 Å². The number of Topliss-reactive ketones (excluding diaryl/α,β-unsaturated/α-hetero) is 1. The van der Waals surface area contributed by atoms with Gasteiger partial charge in [-0.2, -0.15) is 13.2 Å². The molecule has 1 N–H and O–H groups in total. The first-order valence-corrected chi connectivity index (χ1v) is 13.2. The minimum atomic E-state index is -4.43. The van der Waals surface area contributed by atoms with Crippen LogP contribution in [0.1, 0.15) is 67.4 Å². The fraction of sp³-hybridized carbons (Fsp3) is 0.357. The van der Waals surface area contributed by atoms with Crippen molar-refractivity contribution in [3.63, 3.8) is 0 Å². The minimum absolute atomic E-state index is 0.0658. The fourth-order valence-corrected chi connectivity index (χ4v) is 5.19. The Balaban J connectivity index is 1.75. The van der Waals surface area contributed by atoms with E-state index >= 15 is 0 Å². The Labute approximate surface area is 226 Å². The van der Waals surface area contributed by atoms with E-state index in [2.05, 4.69) is 15.9 Å². The van der Waals surface area contributed by atoms with E-state index in [9.17, 15) is 27.9 Å². The maximum absolute atomic E-state index is 13.3. The second-order valence-electron chi connectivity index (χ2n) is 10.3. The SMILES string of the molecule is CC(C)(Oc1ccc(CCC(=O)c2ccc(-c3ccc(C(F)(F)F)cc3C(C)(C)C)s2)cc1Br)C(=O)O. The Kier molecular flexibility index (Phi) is 8.29. The predicted molar refractivity (Wildman–Crippen MR) is 143 cm³/mol. The molecule has 9 heteroatoms. The summed E-state index contributed by atoms with van der Waals surface area (Å²) in [4.78, 5) is 25.5. The second-order valence-corrected chi connectivity index (χ2v) is 12.2. The largest absolute Gasteiger partial charge is 0.478 e. The van der Waals surface area contributed by atoms with Crippen LogP contribution in [-0.2, 0) is 22.8 Å². The number of carbonyl (C=O) groups excluding carboxylic acids is 1. The van der Waals surface area contributed by atoms with Gasteiger partial charge in [-0.25, -0.2) is 4.79 Å². The fourth-order valence-electron chi connectivity index (χ4n) is 3.67. The first kappa shape index (κ1) is 28.9. The number of ether oxygens (including phenoxy) is 1. The number of ketones is 1. The highest BCUT2D eigenvalue weighted by atomic mass is 79.9. The maximum Gasteiger partial charge on any atom is 0.416 e. The number of carbonyl (C=O) groups is 2. The zero-order valence-electron chi connectivity index (χ0n) is 21.1. The highest BCUT2D eigenvalue weighted by Gasteiger charge is 2.33. The number of hydrogen-bond donors (Lipinski definition) is 1. The van der Waals surface area contributed by atoms with Gasteiger partial charge in [0.2, 0.25) is 0 Å². The number of rotatable bonds is 8. The molecule has 3 rings (SSSR count). The molecule has 0 spiro atoms. The van der Waals surface area contributed by atoms with E-state index in [-0.39, 0.29) is 12.2 Å². The summed E-state index contributed by atoms with van der Waals surface area (Å²) < 4.78 is 46.1. The van der Waals surface area contributed by atoms with Gasteiger partial charge in [-0.1, -0.05) is 32.9 Å². The summed E-state index contributed by atoms with van der Waals surface area (Å²) in [5.41, 5.74) is -0.474. The molecule has 0 atom stereocenters. The Morgan fingerprint density at radius 1 is 0.973 bits per heavy atom. The summed E-state index contributed by atoms with van der Waals surface area (Å²) in [5.74, 6) is -0.768. The lowest BCUT2D eigenvalue weighted by Crippen LogP contribution is -2.37. The summed E-state index contributed by atoms with van der Waals surface area (Å²) in [6.45, 7) is 8.51. The van der Waals surface area contributed by atoms with Crippen LogP contribution in [0.4, 0.5) is 13.2 Å². The Bertz CT molecular complexity index is 1320. The van der Waals surface area contributed by atoms with Crippen LogP contribution in [0.25, 0.3) is 10.4 Å². The third-order valence-corrected chi connectivity index (χ3v) is 7.60. The van der Waals surface area contributed by atoms with E-state index < -0.39 is 28.7 Å². The lowest BCUT2D eigenvalue weighted by atomic mass is 9.82. The van der Waals surface area contributed by atoms with Gasteiger partial charge in [0.15, 0.2) is 11.4 Å². The van der Waals surface area contributed by atoms with Crippen molar-refractivity contribution >= 4 is 39.0 Å². The van der Waals surface area contributed by atoms with Gasteiger partial charge in [-0.05, 0) is 94.7 Å². The number of aliphatic carboxylic acids is 1. The third kappa shape index (κ3) is 7.02. The van der Waals surface area contributed by atoms with Gasteiger partial charge in [-0.15, -0.1) is 11.3 Å². The molecule has 3 aromatic rings. The molecule has 0 saturated carbocycles. The molecule has 37 heavy (non-hydrogen) atoms. The molecule has 0 bridgehead atoms. The van der Waals surface area contributed by atoms with Crippen LogP contribution in [0.2, 0.25) is 0 Å². The molecule has 2 aromatic carbocycles. The summed E-state index contributed by atoms with van der Waals surface area (Å²) in [6, 6.07) is 12.5. The monoisotopic (exact) mass is 596 g/mol. The molecule has 1 heterocycles. The first-order valence-electron chi connectivity index (χ1n) is 11.5. The average molecular weight is 597 g/mol. The van der Waals surface area contributed by atoms with Crippen molar-refractivity contribution < 1.29 is 32.6 Å². The number of hydrogen-bond acceptors (Lipinski definition) is 4. The van der Waals surface area contributed by atoms with Crippen molar-refractivity contribution in [2.24, 2.45) is 0 Å². The van der Waals surface area contributed by atoms with Gasteiger partial charge in [0.05, 0.1) is 14.9 Å². The van der Waals surface area contributed by atoms with Gasteiger partial charge >= 0.3 is 12.1 Å². The molecule has 0 radical (unpaired) electrons. The number of benzene rings is 2. The number of carboxylic acid groups (broad SMARTS) is 1. The van der Waals surface area contributed by atoms with Crippen LogP contribution in [0.3, 0.4) is 0 Å². The Hall–Kier alpha value is -2.65. The van der Waals surface area contributed by atoms with Crippen molar-refractivity contribution in [2.75, 3.05) is 0 Å². The predicted octanol–water partition coefficient (Wildman–Crippen LogP) is 8.55. The molecule has 1 aromatic heterocycles. The summed E-state index contributed by atoms with van der Waals surface area (Å²) >= 11 is 4.67. The minimum Gasteiger partial charge on any atom is -0.478 e. The Morgan fingerprint density at radius 2 is 1.65 bits per heavy atom. The third-order valence-electron chi connectivity index (χ3n) is 5.82. The quantitative estimate of drug-likeness (QED) is 0.265. The van der Waals surface area contributed by atoms with Gasteiger partial charge in [-0.3, -0.25) is 4.79 Å². The van der Waals surface area contributed by atoms with E-state index in [1.807, 2.05) is 20.8 Å². The smallest absolute Gasteiger partial charge is 0.416 e. The van der Waals surface area contributed by atoms with Gasteiger partial charge in [0.25, 0.3) is 0 Å². The van der Waals surface area contributed by atoms with E-state index in [4.69, 9.17) is 4.74 Å². The highest BCUT2D eigenvalue weighted by Crippen LogP contribution is 2.40. The molecule has 198 valence electrons. The van der Waals surface area contributed by atoms with Gasteiger partial charge in [0, 0.05) is 11.3 Å². The summed E-state index contributed by atoms with van der Waals surface area (Å²) in [6.07, 6.45) is -3.73. The molecule has 0 fully saturated rings. The lowest BCUT2D eigenvalue weighted by molar-refractivity contribution is -0.152. The number of aryl methyl sites for hydroxylation is 1. The van der Waals surface area contributed by atoms with E-state index in [0.29, 0.717) is 32.6 Å². The number of alkyl halides is 3. The van der Waals surface area contributed by atoms with Gasteiger partial charge < -0.3 is 9.84 Å². The zero-order valence-corrected chi connectivity index (χ0v) is 23.5. The van der Waals surface area contributed by atoms with E-state index in [1.165, 1.54) is 37.3 Å². The van der Waals surface area contributed by atoms with Crippen molar-refractivity contribution in [3.05, 3.63) is 74.6 Å². The van der Waals surface area contributed by atoms with E-state index in [1.54, 1.807) is 30.3 Å². The normalized spacial score (nSPS) is 12.5. The maximum atomic E-state index is 13.3. The molecule has 0 unspecified atom stereocenters. The van der Waals surface area contributed by atoms with Gasteiger partial charge in [0.1, 0.15) is 5.75 Å². The molecule has 0 aliphatic rings. The number of halogens is 4. The molecular weight excluding hydrogens is 569 g/mol. The topological polar surface area (TPSA) is 63.6 Å². The lowest BCUT2D eigenvalue weighted by Gasteiger charge is -2.24. The molecule has 0 amide bonds. The van der Waals surface area contributed by atoms with Crippen molar-refractivity contribution in [1.29, 1.82) is 0 Å². The first-order chi connectivity index (χ1) is 17.0. The standard InChI is InChI=1S/C28H28BrF3O4S/c1-26(2,3)19-15-17(28(30,31)32)8-9-18(19)23-12-13-24(37-23)21(33)10-6-16-7-11-22(20(29)14-16)36-27(4,5)25(34)35/h7-9,11-15H,6,10H2,1-5H3,(H,34,35). The molecule has 0 aliphatic carbocycles. The average Bonchev–Trinajstić information content (AvgIpc) is 3.27. The second kappa shape index (κ2) is 10.6. The van der Waals surface area contributed by atoms with Crippen molar-refractivity contribution in [3.8, 4) is 16.2 Å². The molecule has 0 aliphatic heterocycles. The zero-order chi connectivity index (χ0) is 27.8. The van der Waals surface area contributed by atoms with Crippen LogP contribution in [-0.4, -0.2) is 22.5 Å². The van der Waals surface area contributed by atoms with Crippen LogP contribution in [0.5, 0.6) is 5.75 Å². The molecular formula is C28H28BrF3O4S. The van der Waals surface area contributed by atoms with Crippen LogP contribution in [0, 0.1) is 0 Å². The van der Waals surface area contributed by atoms with Crippen molar-refractivity contribution in [1.82, 2.24) is 0 Å². The molecule has 0 saturated heterocycles. The number of carboxylic acids is 1. The molecule has 4 nitrogen and oxygen atoms in total. The van der Waals surface area contributed by atoms with Crippen molar-refractivity contribution in [2.45, 2.75) is 64.7 Å².